The Labute approximate surface area is 124 Å². The number of ether oxygens (including phenoxy) is 1. The Hall–Kier alpha value is -1.10. The van der Waals surface area contributed by atoms with Gasteiger partial charge in [-0.1, -0.05) is 33.6 Å². The minimum Gasteiger partial charge on any atom is -0.495 e. The monoisotopic (exact) mass is 343 g/mol. The summed E-state index contributed by atoms with van der Waals surface area (Å²) in [5, 5.41) is 0.494. The molecule has 0 aliphatic rings. The first-order valence-electron chi connectivity index (χ1n) is 5.57. The Morgan fingerprint density at radius 3 is 2.68 bits per heavy atom. The lowest BCUT2D eigenvalue weighted by molar-refractivity contribution is 0.414. The van der Waals surface area contributed by atoms with Crippen LogP contribution >= 0.6 is 27.5 Å². The maximum absolute atomic E-state index is 13.8. The molecule has 1 unspecified atom stereocenters. The first-order chi connectivity index (χ1) is 9.02. The maximum atomic E-state index is 13.8. The Morgan fingerprint density at radius 1 is 1.26 bits per heavy atom. The maximum Gasteiger partial charge on any atom is 0.137 e. The highest BCUT2D eigenvalue weighted by Gasteiger charge is 2.15. The van der Waals surface area contributed by atoms with Crippen molar-refractivity contribution >= 4 is 27.5 Å². The summed E-state index contributed by atoms with van der Waals surface area (Å²) in [5.74, 6) is 0.176. The van der Waals surface area contributed by atoms with Crippen LogP contribution in [0.15, 0.2) is 40.9 Å². The lowest BCUT2D eigenvalue weighted by atomic mass is 9.99. The van der Waals surface area contributed by atoms with E-state index in [4.69, 9.17) is 22.1 Å². The SMILES string of the molecule is COc1cc(C(N)c2cc(Br)ccc2F)ccc1Cl. The Balaban J connectivity index is 2.43. The summed E-state index contributed by atoms with van der Waals surface area (Å²) in [7, 11) is 1.52. The van der Waals surface area contributed by atoms with E-state index in [-0.39, 0.29) is 5.82 Å². The van der Waals surface area contributed by atoms with Gasteiger partial charge in [-0.15, -0.1) is 0 Å². The van der Waals surface area contributed by atoms with Crippen molar-refractivity contribution in [2.24, 2.45) is 5.73 Å². The minimum atomic E-state index is -0.580. The van der Waals surface area contributed by atoms with Crippen LogP contribution in [0.25, 0.3) is 0 Å². The van der Waals surface area contributed by atoms with Crippen LogP contribution in [0.4, 0.5) is 4.39 Å². The van der Waals surface area contributed by atoms with Crippen LogP contribution in [0.1, 0.15) is 17.2 Å². The third-order valence-electron chi connectivity index (χ3n) is 2.83. The fourth-order valence-corrected chi connectivity index (χ4v) is 2.38. The smallest absolute Gasteiger partial charge is 0.137 e. The largest absolute Gasteiger partial charge is 0.495 e. The average molecular weight is 345 g/mol. The van der Waals surface area contributed by atoms with Crippen molar-refractivity contribution in [3.05, 3.63) is 62.8 Å². The summed E-state index contributed by atoms with van der Waals surface area (Å²) in [6.45, 7) is 0. The molecule has 0 radical (unpaired) electrons. The third kappa shape index (κ3) is 3.08. The third-order valence-corrected chi connectivity index (χ3v) is 3.63. The topological polar surface area (TPSA) is 35.2 Å². The summed E-state index contributed by atoms with van der Waals surface area (Å²) in [5.41, 5.74) is 7.25. The van der Waals surface area contributed by atoms with E-state index in [0.29, 0.717) is 16.3 Å². The number of benzene rings is 2. The summed E-state index contributed by atoms with van der Waals surface area (Å²) in [4.78, 5) is 0. The van der Waals surface area contributed by atoms with Gasteiger partial charge in [-0.2, -0.15) is 0 Å². The van der Waals surface area contributed by atoms with Crippen molar-refractivity contribution in [3.63, 3.8) is 0 Å². The van der Waals surface area contributed by atoms with Crippen LogP contribution < -0.4 is 10.5 Å². The van der Waals surface area contributed by atoms with Crippen LogP contribution in [-0.4, -0.2) is 7.11 Å². The summed E-state index contributed by atoms with van der Waals surface area (Å²) >= 11 is 9.27. The highest BCUT2D eigenvalue weighted by Crippen LogP contribution is 2.31. The van der Waals surface area contributed by atoms with E-state index in [2.05, 4.69) is 15.9 Å². The number of rotatable bonds is 3. The highest BCUT2D eigenvalue weighted by atomic mass is 79.9. The molecule has 0 heterocycles. The molecule has 2 aromatic rings. The van der Waals surface area contributed by atoms with Gasteiger partial charge in [0.2, 0.25) is 0 Å². The molecule has 0 fully saturated rings. The zero-order valence-electron chi connectivity index (χ0n) is 10.2. The Kier molecular flexibility index (Phi) is 4.45. The second kappa shape index (κ2) is 5.90. The van der Waals surface area contributed by atoms with Crippen LogP contribution in [0.3, 0.4) is 0 Å². The second-order valence-corrected chi connectivity index (χ2v) is 5.36. The molecule has 100 valence electrons. The molecule has 5 heteroatoms. The highest BCUT2D eigenvalue weighted by molar-refractivity contribution is 9.10. The molecule has 0 saturated carbocycles. The molecule has 2 rings (SSSR count). The van der Waals surface area contributed by atoms with Gasteiger partial charge in [0, 0.05) is 10.0 Å². The van der Waals surface area contributed by atoms with Crippen LogP contribution in [0, 0.1) is 5.82 Å². The van der Waals surface area contributed by atoms with Crippen molar-refractivity contribution < 1.29 is 9.13 Å². The number of methoxy groups -OCH3 is 1. The summed E-state index contributed by atoms with van der Waals surface area (Å²) in [6.07, 6.45) is 0. The molecule has 0 saturated heterocycles. The summed E-state index contributed by atoms with van der Waals surface area (Å²) in [6, 6.07) is 9.26. The van der Waals surface area contributed by atoms with Gasteiger partial charge in [-0.25, -0.2) is 4.39 Å². The quantitative estimate of drug-likeness (QED) is 0.901. The van der Waals surface area contributed by atoms with Gasteiger partial charge in [0.1, 0.15) is 11.6 Å². The second-order valence-electron chi connectivity index (χ2n) is 4.04. The molecule has 0 aliphatic carbocycles. The Bertz CT molecular complexity index is 606. The lowest BCUT2D eigenvalue weighted by Crippen LogP contribution is -2.13. The van der Waals surface area contributed by atoms with E-state index in [1.807, 2.05) is 0 Å². The molecule has 19 heavy (non-hydrogen) atoms. The van der Waals surface area contributed by atoms with E-state index in [1.54, 1.807) is 30.3 Å². The van der Waals surface area contributed by atoms with E-state index in [9.17, 15) is 4.39 Å². The van der Waals surface area contributed by atoms with Crippen LogP contribution in [0.5, 0.6) is 5.75 Å². The standard InChI is InChI=1S/C14H12BrClFNO/c1-19-13-6-8(2-4-11(13)16)14(18)10-7-9(15)3-5-12(10)17/h2-7,14H,18H2,1H3. The molecular formula is C14H12BrClFNO. The first kappa shape index (κ1) is 14.3. The predicted molar refractivity (Wildman–Crippen MR) is 78.1 cm³/mol. The normalized spacial score (nSPS) is 12.3. The zero-order valence-corrected chi connectivity index (χ0v) is 12.5. The Morgan fingerprint density at radius 2 is 2.00 bits per heavy atom. The van der Waals surface area contributed by atoms with Crippen molar-refractivity contribution in [3.8, 4) is 5.75 Å². The number of halogens is 3. The van der Waals surface area contributed by atoms with E-state index in [1.165, 1.54) is 13.2 Å². The number of nitrogens with two attached hydrogens (primary N) is 1. The molecule has 0 aliphatic heterocycles. The van der Waals surface area contributed by atoms with Gasteiger partial charge < -0.3 is 10.5 Å². The average Bonchev–Trinajstić information content (AvgIpc) is 2.41. The number of hydrogen-bond acceptors (Lipinski definition) is 2. The molecule has 0 amide bonds. The van der Waals surface area contributed by atoms with Crippen LogP contribution in [0.2, 0.25) is 5.02 Å². The van der Waals surface area contributed by atoms with E-state index < -0.39 is 6.04 Å². The molecule has 0 aromatic heterocycles. The van der Waals surface area contributed by atoms with Crippen molar-refractivity contribution in [1.82, 2.24) is 0 Å². The molecule has 1 atom stereocenters. The molecule has 2 nitrogen and oxygen atoms in total. The molecule has 2 N–H and O–H groups in total. The van der Waals surface area contributed by atoms with Gasteiger partial charge in [0.25, 0.3) is 0 Å². The van der Waals surface area contributed by atoms with Crippen molar-refractivity contribution in [2.75, 3.05) is 7.11 Å². The van der Waals surface area contributed by atoms with Gasteiger partial charge in [-0.3, -0.25) is 0 Å². The predicted octanol–water partition coefficient (Wildman–Crippen LogP) is 4.30. The molecule has 0 spiro atoms. The fourth-order valence-electron chi connectivity index (χ4n) is 1.80. The minimum absolute atomic E-state index is 0.343. The molecule has 0 bridgehead atoms. The van der Waals surface area contributed by atoms with Crippen LogP contribution in [-0.2, 0) is 0 Å². The zero-order chi connectivity index (χ0) is 14.0. The first-order valence-corrected chi connectivity index (χ1v) is 6.74. The van der Waals surface area contributed by atoms with Crippen molar-refractivity contribution in [2.45, 2.75) is 6.04 Å². The van der Waals surface area contributed by atoms with Gasteiger partial charge in [0.05, 0.1) is 18.2 Å². The van der Waals surface area contributed by atoms with Gasteiger partial charge in [0.15, 0.2) is 0 Å². The van der Waals surface area contributed by atoms with Crippen molar-refractivity contribution in [1.29, 1.82) is 0 Å². The van der Waals surface area contributed by atoms with E-state index >= 15 is 0 Å². The lowest BCUT2D eigenvalue weighted by Gasteiger charge is -2.15. The van der Waals surface area contributed by atoms with Gasteiger partial charge in [-0.05, 0) is 35.9 Å². The van der Waals surface area contributed by atoms with E-state index in [0.717, 1.165) is 10.0 Å². The molecular weight excluding hydrogens is 333 g/mol. The molecule has 2 aromatic carbocycles. The fraction of sp³-hybridized carbons (Fsp3) is 0.143. The van der Waals surface area contributed by atoms with Gasteiger partial charge >= 0.3 is 0 Å². The number of hydrogen-bond donors (Lipinski definition) is 1. The summed E-state index contributed by atoms with van der Waals surface area (Å²) < 4.78 is 19.7.